The van der Waals surface area contributed by atoms with E-state index in [1.807, 2.05) is 24.3 Å². The Labute approximate surface area is 230 Å². The van der Waals surface area contributed by atoms with Crippen LogP contribution in [0.15, 0.2) is 70.6 Å². The maximum absolute atomic E-state index is 13.9. The molecule has 1 atom stereocenters. The van der Waals surface area contributed by atoms with Gasteiger partial charge in [-0.1, -0.05) is 65.0 Å². The number of hydrogen-bond acceptors (Lipinski definition) is 6. The molecule has 0 spiro atoms. The van der Waals surface area contributed by atoms with Gasteiger partial charge in [0.05, 0.1) is 11.6 Å². The summed E-state index contributed by atoms with van der Waals surface area (Å²) in [6.45, 7) is 14.8. The van der Waals surface area contributed by atoms with E-state index < -0.39 is 5.92 Å². The predicted octanol–water partition coefficient (Wildman–Crippen LogP) is 6.01. The zero-order chi connectivity index (χ0) is 27.5. The molecular formula is C33H37N3O3. The van der Waals surface area contributed by atoms with Crippen molar-refractivity contribution in [2.24, 2.45) is 16.3 Å². The summed E-state index contributed by atoms with van der Waals surface area (Å²) in [5, 5.41) is 3.52. The van der Waals surface area contributed by atoms with Gasteiger partial charge in [-0.25, -0.2) is 4.99 Å². The largest absolute Gasteiger partial charge is 0.453 e. The lowest BCUT2D eigenvalue weighted by molar-refractivity contribution is 0.0907. The van der Waals surface area contributed by atoms with Gasteiger partial charge in [0.2, 0.25) is 0 Å². The number of ketones is 2. The van der Waals surface area contributed by atoms with Crippen LogP contribution in [-0.4, -0.2) is 48.4 Å². The van der Waals surface area contributed by atoms with Gasteiger partial charge in [0.25, 0.3) is 0 Å². The fourth-order valence-corrected chi connectivity index (χ4v) is 6.26. The minimum atomic E-state index is -0.792. The molecule has 0 saturated carbocycles. The normalized spacial score (nSPS) is 22.1. The molecule has 0 amide bonds. The molecule has 0 aromatic heterocycles. The summed E-state index contributed by atoms with van der Waals surface area (Å²) < 4.78 is 6.43. The van der Waals surface area contributed by atoms with Gasteiger partial charge in [-0.2, -0.15) is 0 Å². The average molecular weight is 524 g/mol. The summed E-state index contributed by atoms with van der Waals surface area (Å²) in [5.74, 6) is 0.179. The van der Waals surface area contributed by atoms with Gasteiger partial charge in [0.1, 0.15) is 5.69 Å². The van der Waals surface area contributed by atoms with Gasteiger partial charge < -0.3 is 15.0 Å². The number of piperidine rings is 1. The second kappa shape index (κ2) is 9.30. The Morgan fingerprint density at radius 2 is 1.87 bits per heavy atom. The van der Waals surface area contributed by atoms with Crippen molar-refractivity contribution in [1.82, 2.24) is 10.2 Å². The number of likely N-dealkylation sites (tertiary alicyclic amines) is 1. The number of allylic oxidation sites excluding steroid dienone is 3. The lowest BCUT2D eigenvalue weighted by Gasteiger charge is -2.38. The average Bonchev–Trinajstić information content (AvgIpc) is 2.88. The summed E-state index contributed by atoms with van der Waals surface area (Å²) in [6, 6.07) is 13.1. The van der Waals surface area contributed by atoms with E-state index in [-0.39, 0.29) is 17.0 Å². The van der Waals surface area contributed by atoms with Crippen molar-refractivity contribution in [3.63, 3.8) is 0 Å². The maximum atomic E-state index is 13.9. The van der Waals surface area contributed by atoms with Crippen LogP contribution in [0.5, 0.6) is 5.75 Å². The highest BCUT2D eigenvalue weighted by atomic mass is 16.5. The minimum Gasteiger partial charge on any atom is -0.453 e. The fourth-order valence-electron chi connectivity index (χ4n) is 6.26. The molecule has 2 aromatic rings. The fraction of sp³-hybridized carbons (Fsp3) is 0.424. The van der Waals surface area contributed by atoms with Crippen LogP contribution in [0.25, 0.3) is 0 Å². The van der Waals surface area contributed by atoms with E-state index in [1.54, 1.807) is 18.2 Å². The predicted molar refractivity (Wildman–Crippen MR) is 154 cm³/mol. The topological polar surface area (TPSA) is 71.0 Å². The molecule has 202 valence electrons. The molecule has 4 aliphatic rings. The molecule has 2 aliphatic carbocycles. The van der Waals surface area contributed by atoms with E-state index in [1.165, 1.54) is 12.8 Å². The number of carbonyl (C=O) groups is 2. The zero-order valence-electron chi connectivity index (χ0n) is 23.6. The van der Waals surface area contributed by atoms with E-state index in [0.29, 0.717) is 57.3 Å². The second-order valence-corrected chi connectivity index (χ2v) is 13.0. The second-order valence-electron chi connectivity index (χ2n) is 13.0. The molecule has 0 radical (unpaired) electrons. The van der Waals surface area contributed by atoms with Gasteiger partial charge >= 0.3 is 0 Å². The third-order valence-corrected chi connectivity index (χ3v) is 8.33. The van der Waals surface area contributed by atoms with Crippen molar-refractivity contribution in [1.29, 1.82) is 0 Å². The van der Waals surface area contributed by atoms with Crippen molar-refractivity contribution in [3.05, 3.63) is 82.3 Å². The summed E-state index contributed by atoms with van der Waals surface area (Å²) in [7, 11) is 0. The first-order chi connectivity index (χ1) is 18.5. The number of fused-ring (bicyclic) bond motifs is 5. The van der Waals surface area contributed by atoms with Crippen molar-refractivity contribution < 1.29 is 14.3 Å². The lowest BCUT2D eigenvalue weighted by Crippen LogP contribution is -2.44. The molecule has 6 heteroatoms. The monoisotopic (exact) mass is 523 g/mol. The number of rotatable bonds is 4. The molecule has 6 nitrogen and oxygen atoms in total. The Bertz CT molecular complexity index is 1470. The summed E-state index contributed by atoms with van der Waals surface area (Å²) in [4.78, 5) is 35.1. The number of ether oxygens (including phenoxy) is 1. The highest BCUT2D eigenvalue weighted by molar-refractivity contribution is 6.33. The SMILES string of the molecule is CC1(C)CCCN(CCNC2=C3C(=O)c4ccccc4C(=O)C3C3=Nc4ccc(C(C)(C)C)cc4OC3=C2)C1. The Kier molecular flexibility index (Phi) is 6.14. The van der Waals surface area contributed by atoms with Gasteiger partial charge in [-0.05, 0) is 47.9 Å². The molecule has 2 aromatic carbocycles. The van der Waals surface area contributed by atoms with E-state index in [0.717, 1.165) is 25.2 Å². The Balaban J connectivity index is 1.38. The number of Topliss-reactive ketones (excluding diaryl/α,β-unsaturated/α-hetero) is 2. The Morgan fingerprint density at radius 1 is 1.10 bits per heavy atom. The highest BCUT2D eigenvalue weighted by Gasteiger charge is 2.46. The van der Waals surface area contributed by atoms with Gasteiger partial charge in [0.15, 0.2) is 23.1 Å². The molecule has 1 unspecified atom stereocenters. The molecule has 0 bridgehead atoms. The summed E-state index contributed by atoms with van der Waals surface area (Å²) >= 11 is 0. The van der Waals surface area contributed by atoms with Crippen molar-refractivity contribution >= 4 is 23.0 Å². The van der Waals surface area contributed by atoms with Crippen LogP contribution in [0.2, 0.25) is 0 Å². The maximum Gasteiger partial charge on any atom is 0.192 e. The van der Waals surface area contributed by atoms with Crippen LogP contribution in [0.4, 0.5) is 5.69 Å². The van der Waals surface area contributed by atoms with Gasteiger partial charge in [-0.15, -0.1) is 0 Å². The van der Waals surface area contributed by atoms with Crippen LogP contribution in [0, 0.1) is 11.3 Å². The first-order valence-corrected chi connectivity index (χ1v) is 14.0. The van der Waals surface area contributed by atoms with E-state index in [4.69, 9.17) is 9.73 Å². The quantitative estimate of drug-likeness (QED) is 0.532. The van der Waals surface area contributed by atoms with Crippen molar-refractivity contribution in [2.45, 2.75) is 52.9 Å². The van der Waals surface area contributed by atoms with E-state index in [2.05, 4.69) is 50.9 Å². The molecule has 2 aliphatic heterocycles. The van der Waals surface area contributed by atoms with E-state index in [9.17, 15) is 9.59 Å². The van der Waals surface area contributed by atoms with Crippen LogP contribution in [-0.2, 0) is 5.41 Å². The zero-order valence-corrected chi connectivity index (χ0v) is 23.6. The van der Waals surface area contributed by atoms with Crippen molar-refractivity contribution in [2.75, 3.05) is 26.2 Å². The molecule has 1 N–H and O–H groups in total. The Hall–Kier alpha value is -3.51. The van der Waals surface area contributed by atoms with Crippen molar-refractivity contribution in [3.8, 4) is 5.75 Å². The third kappa shape index (κ3) is 4.65. The molecule has 1 saturated heterocycles. The summed E-state index contributed by atoms with van der Waals surface area (Å²) in [5.41, 5.74) is 4.64. The Morgan fingerprint density at radius 3 is 2.62 bits per heavy atom. The number of carbonyl (C=O) groups excluding carboxylic acids is 2. The van der Waals surface area contributed by atoms with Crippen LogP contribution < -0.4 is 10.1 Å². The standard InChI is InChI=1S/C33H37N3O3/c1-32(2,3)20-11-12-23-25(17-20)39-26-18-24(34-14-16-36-15-8-13-33(4,5)19-36)27-28(29(26)35-23)31(38)22-10-7-6-9-21(22)30(27)37/h6-7,9-12,17-18,28,34H,8,13-16,19H2,1-5H3. The highest BCUT2D eigenvalue weighted by Crippen LogP contribution is 2.44. The molecule has 39 heavy (non-hydrogen) atoms. The third-order valence-electron chi connectivity index (χ3n) is 8.33. The first-order valence-electron chi connectivity index (χ1n) is 14.0. The van der Waals surface area contributed by atoms with Crippen LogP contribution in [0.1, 0.15) is 73.7 Å². The van der Waals surface area contributed by atoms with E-state index >= 15 is 0 Å². The number of aliphatic imine (C=N–C) groups is 1. The van der Waals surface area contributed by atoms with Gasteiger partial charge in [-0.3, -0.25) is 9.59 Å². The molecule has 6 rings (SSSR count). The number of hydrogen-bond donors (Lipinski definition) is 1. The number of nitrogens with zero attached hydrogens (tertiary/aromatic N) is 2. The minimum absolute atomic E-state index is 0.0401. The summed E-state index contributed by atoms with van der Waals surface area (Å²) in [6.07, 6.45) is 4.31. The smallest absolute Gasteiger partial charge is 0.192 e. The number of benzene rings is 2. The molecule has 2 heterocycles. The number of nitrogens with one attached hydrogen (secondary N) is 1. The van der Waals surface area contributed by atoms with Crippen LogP contribution >= 0.6 is 0 Å². The first kappa shape index (κ1) is 25.8. The van der Waals surface area contributed by atoms with Crippen LogP contribution in [0.3, 0.4) is 0 Å². The molecular weight excluding hydrogens is 486 g/mol. The van der Waals surface area contributed by atoms with Gasteiger partial charge in [0, 0.05) is 48.1 Å². The molecule has 1 fully saturated rings. The lowest BCUT2D eigenvalue weighted by atomic mass is 9.72.